The number of anilines is 1. The zero-order chi connectivity index (χ0) is 13.8. The lowest BCUT2D eigenvalue weighted by molar-refractivity contribution is -0.129. The van der Waals surface area contributed by atoms with Gasteiger partial charge in [0, 0.05) is 31.1 Å². The standard InChI is InChI=1S/C14H19ClN2O2/c1-10(18)17-7-5-12(6-8-17)16-13-9-11(15)3-4-14(13)19-2/h3-4,9,12,16H,5-8H2,1-2H3. The van der Waals surface area contributed by atoms with Crippen LogP contribution in [0.3, 0.4) is 0 Å². The van der Waals surface area contributed by atoms with Crippen LogP contribution in [0.1, 0.15) is 19.8 Å². The molecular weight excluding hydrogens is 264 g/mol. The largest absolute Gasteiger partial charge is 0.495 e. The number of rotatable bonds is 3. The number of nitrogens with one attached hydrogen (secondary N) is 1. The van der Waals surface area contributed by atoms with Crippen molar-refractivity contribution in [1.29, 1.82) is 0 Å². The van der Waals surface area contributed by atoms with E-state index in [1.54, 1.807) is 14.0 Å². The average Bonchev–Trinajstić information content (AvgIpc) is 2.39. The molecule has 1 fully saturated rings. The number of amides is 1. The number of hydrogen-bond donors (Lipinski definition) is 1. The molecule has 4 nitrogen and oxygen atoms in total. The minimum atomic E-state index is 0.152. The molecule has 0 bridgehead atoms. The maximum absolute atomic E-state index is 11.3. The van der Waals surface area contributed by atoms with Gasteiger partial charge in [0.05, 0.1) is 12.8 Å². The molecule has 1 aromatic rings. The van der Waals surface area contributed by atoms with E-state index >= 15 is 0 Å². The smallest absolute Gasteiger partial charge is 0.219 e. The minimum Gasteiger partial charge on any atom is -0.495 e. The molecule has 5 heteroatoms. The topological polar surface area (TPSA) is 41.6 Å². The second-order valence-electron chi connectivity index (χ2n) is 4.77. The second-order valence-corrected chi connectivity index (χ2v) is 5.21. The van der Waals surface area contributed by atoms with E-state index in [0.717, 1.165) is 37.4 Å². The molecule has 1 amide bonds. The first-order chi connectivity index (χ1) is 9.10. The van der Waals surface area contributed by atoms with Crippen LogP contribution in [0.5, 0.6) is 5.75 Å². The number of benzene rings is 1. The van der Waals surface area contributed by atoms with Crippen molar-refractivity contribution in [2.24, 2.45) is 0 Å². The summed E-state index contributed by atoms with van der Waals surface area (Å²) in [5.74, 6) is 0.942. The third-order valence-corrected chi connectivity index (χ3v) is 3.70. The van der Waals surface area contributed by atoms with Crippen molar-refractivity contribution < 1.29 is 9.53 Å². The fourth-order valence-electron chi connectivity index (χ4n) is 2.35. The highest BCUT2D eigenvalue weighted by Gasteiger charge is 2.21. The molecule has 19 heavy (non-hydrogen) atoms. The molecule has 0 unspecified atom stereocenters. The van der Waals surface area contributed by atoms with Crippen LogP contribution in [0, 0.1) is 0 Å². The summed E-state index contributed by atoms with van der Waals surface area (Å²) in [4.78, 5) is 13.2. The van der Waals surface area contributed by atoms with Crippen LogP contribution in [0.4, 0.5) is 5.69 Å². The van der Waals surface area contributed by atoms with Gasteiger partial charge in [-0.2, -0.15) is 0 Å². The van der Waals surface area contributed by atoms with E-state index in [0.29, 0.717) is 11.1 Å². The Bertz CT molecular complexity index is 457. The van der Waals surface area contributed by atoms with Crippen LogP contribution < -0.4 is 10.1 Å². The number of piperidine rings is 1. The maximum Gasteiger partial charge on any atom is 0.219 e. The number of halogens is 1. The summed E-state index contributed by atoms with van der Waals surface area (Å²) in [6.07, 6.45) is 1.88. The van der Waals surface area contributed by atoms with Gasteiger partial charge in [-0.05, 0) is 31.0 Å². The number of carbonyl (C=O) groups is 1. The molecule has 0 aliphatic carbocycles. The molecule has 104 valence electrons. The van der Waals surface area contributed by atoms with Crippen LogP contribution >= 0.6 is 11.6 Å². The normalized spacial score (nSPS) is 16.3. The first-order valence-electron chi connectivity index (χ1n) is 6.45. The van der Waals surface area contributed by atoms with Crippen molar-refractivity contribution in [3.8, 4) is 5.75 Å². The summed E-state index contributed by atoms with van der Waals surface area (Å²) >= 11 is 6.01. The Balaban J connectivity index is 1.99. The lowest BCUT2D eigenvalue weighted by Crippen LogP contribution is -2.41. The van der Waals surface area contributed by atoms with E-state index in [1.165, 1.54) is 0 Å². The fraction of sp³-hybridized carbons (Fsp3) is 0.500. The fourth-order valence-corrected chi connectivity index (χ4v) is 2.52. The zero-order valence-electron chi connectivity index (χ0n) is 11.3. The number of carbonyl (C=O) groups excluding carboxylic acids is 1. The molecule has 0 aromatic heterocycles. The Morgan fingerprint density at radius 2 is 2.11 bits per heavy atom. The Hall–Kier alpha value is -1.42. The van der Waals surface area contributed by atoms with Crippen LogP contribution in [0.15, 0.2) is 18.2 Å². The van der Waals surface area contributed by atoms with Crippen molar-refractivity contribution in [2.75, 3.05) is 25.5 Å². The number of likely N-dealkylation sites (tertiary alicyclic amines) is 1. The summed E-state index contributed by atoms with van der Waals surface area (Å²) in [5, 5.41) is 4.14. The number of ether oxygens (including phenoxy) is 1. The van der Waals surface area contributed by atoms with Gasteiger partial charge in [-0.1, -0.05) is 11.6 Å². The Morgan fingerprint density at radius 1 is 1.42 bits per heavy atom. The van der Waals surface area contributed by atoms with Gasteiger partial charge in [0.25, 0.3) is 0 Å². The molecule has 1 heterocycles. The van der Waals surface area contributed by atoms with Crippen molar-refractivity contribution in [1.82, 2.24) is 4.90 Å². The summed E-state index contributed by atoms with van der Waals surface area (Å²) in [6, 6.07) is 5.89. The van der Waals surface area contributed by atoms with Crippen molar-refractivity contribution in [2.45, 2.75) is 25.8 Å². The SMILES string of the molecule is COc1ccc(Cl)cc1NC1CCN(C(C)=O)CC1. The molecule has 1 N–H and O–H groups in total. The number of nitrogens with zero attached hydrogens (tertiary/aromatic N) is 1. The molecule has 1 aliphatic heterocycles. The molecule has 1 aliphatic rings. The molecular formula is C14H19ClN2O2. The first kappa shape index (κ1) is 14.0. The highest BCUT2D eigenvalue weighted by atomic mass is 35.5. The average molecular weight is 283 g/mol. The lowest BCUT2D eigenvalue weighted by atomic mass is 10.0. The Labute approximate surface area is 118 Å². The molecule has 0 spiro atoms. The predicted molar refractivity (Wildman–Crippen MR) is 76.9 cm³/mol. The third kappa shape index (κ3) is 3.53. The molecule has 0 atom stereocenters. The molecule has 1 aromatic carbocycles. The van der Waals surface area contributed by atoms with Gasteiger partial charge in [0.2, 0.25) is 5.91 Å². The molecule has 1 saturated heterocycles. The summed E-state index contributed by atoms with van der Waals surface area (Å²) in [7, 11) is 1.65. The maximum atomic E-state index is 11.3. The lowest BCUT2D eigenvalue weighted by Gasteiger charge is -2.32. The molecule has 0 saturated carbocycles. The quantitative estimate of drug-likeness (QED) is 0.927. The second kappa shape index (κ2) is 6.15. The van der Waals surface area contributed by atoms with Crippen LogP contribution in [-0.4, -0.2) is 37.0 Å². The Morgan fingerprint density at radius 3 is 2.68 bits per heavy atom. The van der Waals surface area contributed by atoms with Gasteiger partial charge in [0.1, 0.15) is 5.75 Å². The minimum absolute atomic E-state index is 0.152. The van der Waals surface area contributed by atoms with Crippen molar-refractivity contribution in [3.63, 3.8) is 0 Å². The molecule has 0 radical (unpaired) electrons. The monoisotopic (exact) mass is 282 g/mol. The van der Waals surface area contributed by atoms with Gasteiger partial charge >= 0.3 is 0 Å². The van der Waals surface area contributed by atoms with E-state index in [1.807, 2.05) is 23.1 Å². The summed E-state index contributed by atoms with van der Waals surface area (Å²) in [5.41, 5.74) is 0.913. The molecule has 2 rings (SSSR count). The van der Waals surface area contributed by atoms with Crippen molar-refractivity contribution in [3.05, 3.63) is 23.2 Å². The summed E-state index contributed by atoms with van der Waals surface area (Å²) in [6.45, 7) is 3.22. The van der Waals surface area contributed by atoms with E-state index in [-0.39, 0.29) is 5.91 Å². The van der Waals surface area contributed by atoms with Gasteiger partial charge in [-0.25, -0.2) is 0 Å². The van der Waals surface area contributed by atoms with Crippen molar-refractivity contribution >= 4 is 23.2 Å². The summed E-state index contributed by atoms with van der Waals surface area (Å²) < 4.78 is 5.32. The number of hydrogen-bond acceptors (Lipinski definition) is 3. The highest BCUT2D eigenvalue weighted by Crippen LogP contribution is 2.29. The number of methoxy groups -OCH3 is 1. The van der Waals surface area contributed by atoms with Crippen LogP contribution in [0.2, 0.25) is 5.02 Å². The highest BCUT2D eigenvalue weighted by molar-refractivity contribution is 6.30. The van der Waals surface area contributed by atoms with Gasteiger partial charge in [-0.15, -0.1) is 0 Å². The van der Waals surface area contributed by atoms with E-state index in [9.17, 15) is 4.79 Å². The van der Waals surface area contributed by atoms with Gasteiger partial charge in [0.15, 0.2) is 0 Å². The third-order valence-electron chi connectivity index (χ3n) is 3.46. The van der Waals surface area contributed by atoms with E-state index < -0.39 is 0 Å². The first-order valence-corrected chi connectivity index (χ1v) is 6.83. The zero-order valence-corrected chi connectivity index (χ0v) is 12.0. The van der Waals surface area contributed by atoms with E-state index in [4.69, 9.17) is 16.3 Å². The Kier molecular flexibility index (Phi) is 4.53. The van der Waals surface area contributed by atoms with E-state index in [2.05, 4.69) is 5.32 Å². The van der Waals surface area contributed by atoms with Gasteiger partial charge < -0.3 is 15.0 Å². The van der Waals surface area contributed by atoms with Crippen LogP contribution in [0.25, 0.3) is 0 Å². The van der Waals surface area contributed by atoms with Gasteiger partial charge in [-0.3, -0.25) is 4.79 Å². The van der Waals surface area contributed by atoms with Crippen LogP contribution in [-0.2, 0) is 4.79 Å². The predicted octanol–water partition coefficient (Wildman–Crippen LogP) is 2.77.